The third-order valence-electron chi connectivity index (χ3n) is 1.55. The van der Waals surface area contributed by atoms with Crippen molar-refractivity contribution < 1.29 is 9.53 Å². The molecule has 0 atom stereocenters. The molecule has 1 aliphatic heterocycles. The zero-order valence-corrected chi connectivity index (χ0v) is 7.52. The van der Waals surface area contributed by atoms with Gasteiger partial charge in [-0.1, -0.05) is 0 Å². The zero-order chi connectivity index (χ0) is 8.48. The van der Waals surface area contributed by atoms with Crippen LogP contribution in [0.3, 0.4) is 0 Å². The summed E-state index contributed by atoms with van der Waals surface area (Å²) in [7, 11) is 0. The molecule has 1 rings (SSSR count). The Hall–Kier alpha value is -0.440. The zero-order valence-electron chi connectivity index (χ0n) is 6.76. The third-order valence-corrected chi connectivity index (χ3v) is 1.72. The molecule has 1 fully saturated rings. The highest BCUT2D eigenvalue weighted by atomic mass is 35.5. The Balaban J connectivity index is 2.52. The lowest BCUT2D eigenvalue weighted by Gasteiger charge is -2.14. The van der Waals surface area contributed by atoms with E-state index in [-0.39, 0.29) is 11.7 Å². The molecule has 0 aromatic carbocycles. The van der Waals surface area contributed by atoms with E-state index in [1.165, 1.54) is 0 Å². The fourth-order valence-corrected chi connectivity index (χ4v) is 1.33. The average molecular weight is 178 g/mol. The van der Waals surface area contributed by atoms with Crippen molar-refractivity contribution in [3.8, 4) is 0 Å². The topological polar surface area (TPSA) is 29.5 Å². The average Bonchev–Trinajstić information content (AvgIpc) is 2.07. The van der Waals surface area contributed by atoms with E-state index < -0.39 is 0 Å². The van der Waals surface area contributed by atoms with Crippen LogP contribution in [0.4, 0.5) is 4.79 Å². The molecule has 0 aliphatic carbocycles. The molecule has 1 saturated heterocycles. The number of amides is 1. The molecule has 11 heavy (non-hydrogen) atoms. The van der Waals surface area contributed by atoms with Gasteiger partial charge in [0.05, 0.1) is 6.54 Å². The highest BCUT2D eigenvalue weighted by molar-refractivity contribution is 6.18. The Labute approximate surface area is 71.3 Å². The third kappa shape index (κ3) is 1.99. The molecule has 0 saturated carbocycles. The number of hydrogen-bond donors (Lipinski definition) is 0. The molecule has 3 nitrogen and oxygen atoms in total. The quantitative estimate of drug-likeness (QED) is 0.598. The van der Waals surface area contributed by atoms with Crippen molar-refractivity contribution >= 4 is 17.7 Å². The first-order valence-electron chi connectivity index (χ1n) is 3.59. The van der Waals surface area contributed by atoms with Crippen molar-refractivity contribution in [2.45, 2.75) is 19.4 Å². The van der Waals surface area contributed by atoms with Gasteiger partial charge in [0.25, 0.3) is 0 Å². The smallest absolute Gasteiger partial charge is 0.410 e. The normalized spacial score (nSPS) is 22.1. The molecule has 1 aliphatic rings. The molecule has 0 unspecified atom stereocenters. The lowest BCUT2D eigenvalue weighted by molar-refractivity contribution is 0.0860. The monoisotopic (exact) mass is 177 g/mol. The second-order valence-corrected chi connectivity index (χ2v) is 3.62. The number of carbonyl (C=O) groups is 1. The largest absolute Gasteiger partial charge is 0.441 e. The van der Waals surface area contributed by atoms with Gasteiger partial charge in [0, 0.05) is 12.4 Å². The summed E-state index contributed by atoms with van der Waals surface area (Å²) in [5.74, 6) is 0.463. The summed E-state index contributed by atoms with van der Waals surface area (Å²) in [5.41, 5.74) is -0.344. The Bertz CT molecular complexity index is 170. The summed E-state index contributed by atoms with van der Waals surface area (Å²) in [4.78, 5) is 12.6. The minimum Gasteiger partial charge on any atom is -0.441 e. The van der Waals surface area contributed by atoms with E-state index in [1.807, 2.05) is 13.8 Å². The second-order valence-electron chi connectivity index (χ2n) is 3.24. The number of rotatable bonds is 2. The summed E-state index contributed by atoms with van der Waals surface area (Å²) in [6.07, 6.45) is -0.254. The van der Waals surface area contributed by atoms with E-state index in [0.717, 1.165) is 0 Å². The number of cyclic esters (lactones) is 1. The van der Waals surface area contributed by atoms with Gasteiger partial charge in [0.15, 0.2) is 0 Å². The van der Waals surface area contributed by atoms with Gasteiger partial charge >= 0.3 is 6.09 Å². The summed E-state index contributed by atoms with van der Waals surface area (Å²) in [6, 6.07) is 0. The number of ether oxygens (including phenoxy) is 1. The van der Waals surface area contributed by atoms with E-state index in [2.05, 4.69) is 0 Å². The summed E-state index contributed by atoms with van der Waals surface area (Å²) >= 11 is 5.49. The van der Waals surface area contributed by atoms with Crippen LogP contribution in [0.1, 0.15) is 13.8 Å². The first kappa shape index (κ1) is 8.65. The van der Waals surface area contributed by atoms with Gasteiger partial charge in [-0.05, 0) is 13.8 Å². The summed E-state index contributed by atoms with van der Waals surface area (Å²) in [5, 5.41) is 0. The summed E-state index contributed by atoms with van der Waals surface area (Å²) < 4.78 is 5.04. The number of alkyl halides is 1. The molecule has 0 aromatic rings. The van der Waals surface area contributed by atoms with Gasteiger partial charge in [-0.25, -0.2) is 4.79 Å². The predicted molar refractivity (Wildman–Crippen MR) is 42.9 cm³/mol. The molecule has 0 bridgehead atoms. The van der Waals surface area contributed by atoms with E-state index in [9.17, 15) is 4.79 Å². The molecule has 1 amide bonds. The first-order valence-corrected chi connectivity index (χ1v) is 4.12. The highest BCUT2D eigenvalue weighted by Crippen LogP contribution is 2.20. The Morgan fingerprint density at radius 2 is 2.36 bits per heavy atom. The second kappa shape index (κ2) is 2.89. The Morgan fingerprint density at radius 1 is 1.73 bits per heavy atom. The molecule has 0 spiro atoms. The lowest BCUT2D eigenvalue weighted by Crippen LogP contribution is -2.29. The van der Waals surface area contributed by atoms with Gasteiger partial charge in [-0.15, -0.1) is 11.6 Å². The van der Waals surface area contributed by atoms with Crippen LogP contribution in [-0.4, -0.2) is 35.6 Å². The van der Waals surface area contributed by atoms with Gasteiger partial charge < -0.3 is 9.64 Å². The molecule has 64 valence electrons. The first-order chi connectivity index (χ1) is 5.05. The Kier molecular flexibility index (Phi) is 2.28. The lowest BCUT2D eigenvalue weighted by atomic mass is 10.1. The molecular formula is C7H12ClNO2. The highest BCUT2D eigenvalue weighted by Gasteiger charge is 2.36. The maximum Gasteiger partial charge on any atom is 0.410 e. The minimum atomic E-state index is -0.344. The van der Waals surface area contributed by atoms with Crippen molar-refractivity contribution in [1.29, 1.82) is 0 Å². The fourth-order valence-electron chi connectivity index (χ4n) is 1.13. The van der Waals surface area contributed by atoms with Crippen molar-refractivity contribution in [3.05, 3.63) is 0 Å². The van der Waals surface area contributed by atoms with Gasteiger partial charge in [-0.2, -0.15) is 0 Å². The van der Waals surface area contributed by atoms with E-state index in [4.69, 9.17) is 16.3 Å². The minimum absolute atomic E-state index is 0.254. The number of carbonyl (C=O) groups excluding carboxylic acids is 1. The van der Waals surface area contributed by atoms with Crippen molar-refractivity contribution in [1.82, 2.24) is 4.90 Å². The van der Waals surface area contributed by atoms with E-state index >= 15 is 0 Å². The maximum atomic E-state index is 11.0. The van der Waals surface area contributed by atoms with Crippen LogP contribution in [0.2, 0.25) is 0 Å². The SMILES string of the molecule is CC1(C)CN(CCCl)C(=O)O1. The summed E-state index contributed by atoms with van der Waals surface area (Å²) in [6.45, 7) is 4.99. The van der Waals surface area contributed by atoms with Crippen LogP contribution in [-0.2, 0) is 4.74 Å². The van der Waals surface area contributed by atoms with Gasteiger partial charge in [0.1, 0.15) is 5.60 Å². The van der Waals surface area contributed by atoms with Crippen LogP contribution in [0.15, 0.2) is 0 Å². The van der Waals surface area contributed by atoms with Crippen LogP contribution in [0, 0.1) is 0 Å². The standard InChI is InChI=1S/C7H12ClNO2/c1-7(2)5-9(4-3-8)6(10)11-7/h3-5H2,1-2H3. The van der Waals surface area contributed by atoms with Crippen LogP contribution < -0.4 is 0 Å². The molecule has 0 N–H and O–H groups in total. The number of halogens is 1. The number of hydrogen-bond acceptors (Lipinski definition) is 2. The van der Waals surface area contributed by atoms with Gasteiger partial charge in [0.2, 0.25) is 0 Å². The van der Waals surface area contributed by atoms with Crippen LogP contribution in [0.25, 0.3) is 0 Å². The molecule has 4 heteroatoms. The Morgan fingerprint density at radius 3 is 2.73 bits per heavy atom. The molecule has 1 heterocycles. The van der Waals surface area contributed by atoms with E-state index in [1.54, 1.807) is 4.90 Å². The van der Waals surface area contributed by atoms with Crippen molar-refractivity contribution in [2.75, 3.05) is 19.0 Å². The molecular weight excluding hydrogens is 166 g/mol. The molecule has 0 radical (unpaired) electrons. The fraction of sp³-hybridized carbons (Fsp3) is 0.857. The predicted octanol–water partition coefficient (Wildman–Crippen LogP) is 1.46. The number of nitrogens with zero attached hydrogens (tertiary/aromatic N) is 1. The van der Waals surface area contributed by atoms with Crippen LogP contribution in [0.5, 0.6) is 0 Å². The van der Waals surface area contributed by atoms with Crippen molar-refractivity contribution in [2.24, 2.45) is 0 Å². The van der Waals surface area contributed by atoms with Crippen LogP contribution >= 0.6 is 11.6 Å². The van der Waals surface area contributed by atoms with Gasteiger partial charge in [-0.3, -0.25) is 0 Å². The van der Waals surface area contributed by atoms with E-state index in [0.29, 0.717) is 19.0 Å². The maximum absolute atomic E-state index is 11.0. The van der Waals surface area contributed by atoms with Crippen molar-refractivity contribution in [3.63, 3.8) is 0 Å². The molecule has 0 aromatic heterocycles.